The fourth-order valence-corrected chi connectivity index (χ4v) is 2.12. The van der Waals surface area contributed by atoms with Gasteiger partial charge in [-0.25, -0.2) is 18.4 Å². The molecule has 0 aliphatic carbocycles. The second-order valence-electron chi connectivity index (χ2n) is 3.61. The Labute approximate surface area is 99.1 Å². The molecule has 0 aliphatic heterocycles. The number of aliphatic carboxylic acids is 1. The highest BCUT2D eigenvalue weighted by Gasteiger charge is 2.14. The second-order valence-corrected chi connectivity index (χ2v) is 5.18. The molecule has 0 saturated heterocycles. The summed E-state index contributed by atoms with van der Waals surface area (Å²) in [7, 11) is -3.77. The quantitative estimate of drug-likeness (QED) is 0.814. The second kappa shape index (κ2) is 4.72. The molecular weight excluding hydrogens is 246 g/mol. The number of benzene rings is 1. The third-order valence-corrected chi connectivity index (χ3v) is 3.00. The van der Waals surface area contributed by atoms with Crippen molar-refractivity contribution in [2.45, 2.75) is 18.7 Å². The summed E-state index contributed by atoms with van der Waals surface area (Å²) in [6.45, 7) is 2.77. The van der Waals surface area contributed by atoms with Crippen LogP contribution >= 0.6 is 0 Å². The van der Waals surface area contributed by atoms with Gasteiger partial charge >= 0.3 is 5.97 Å². The smallest absolute Gasteiger partial charge is 0.341 e. The fraction of sp³-hybridized carbons (Fsp3) is 0.300. The number of carboxylic acid groups (broad SMARTS) is 1. The number of primary sulfonamides is 1. The maximum Gasteiger partial charge on any atom is 0.341 e. The predicted molar refractivity (Wildman–Crippen MR) is 60.4 cm³/mol. The van der Waals surface area contributed by atoms with Gasteiger partial charge < -0.3 is 9.84 Å². The van der Waals surface area contributed by atoms with Gasteiger partial charge in [-0.2, -0.15) is 0 Å². The van der Waals surface area contributed by atoms with E-state index in [0.717, 1.165) is 0 Å². The van der Waals surface area contributed by atoms with E-state index in [1.54, 1.807) is 13.8 Å². The van der Waals surface area contributed by atoms with Gasteiger partial charge in [0.2, 0.25) is 10.0 Å². The third-order valence-electron chi connectivity index (χ3n) is 2.10. The highest BCUT2D eigenvalue weighted by atomic mass is 32.2. The van der Waals surface area contributed by atoms with Gasteiger partial charge in [0.25, 0.3) is 0 Å². The van der Waals surface area contributed by atoms with E-state index < -0.39 is 22.6 Å². The van der Waals surface area contributed by atoms with Gasteiger partial charge in [0.1, 0.15) is 5.75 Å². The van der Waals surface area contributed by atoms with Crippen LogP contribution in [0.3, 0.4) is 0 Å². The van der Waals surface area contributed by atoms with Gasteiger partial charge in [-0.15, -0.1) is 0 Å². The molecule has 1 rings (SSSR count). The first-order valence-corrected chi connectivity index (χ1v) is 6.25. The molecule has 0 unspecified atom stereocenters. The number of carboxylic acids is 1. The van der Waals surface area contributed by atoms with Crippen molar-refractivity contribution in [3.63, 3.8) is 0 Å². The Morgan fingerprint density at radius 1 is 1.35 bits per heavy atom. The summed E-state index contributed by atoms with van der Waals surface area (Å²) in [6.07, 6.45) is 0. The average molecular weight is 259 g/mol. The largest absolute Gasteiger partial charge is 0.481 e. The van der Waals surface area contributed by atoms with Gasteiger partial charge in [-0.3, -0.25) is 0 Å². The Hall–Kier alpha value is -1.60. The Morgan fingerprint density at radius 2 is 1.82 bits per heavy atom. The van der Waals surface area contributed by atoms with Crippen LogP contribution in [0, 0.1) is 13.8 Å². The lowest BCUT2D eigenvalue weighted by molar-refractivity contribution is -0.139. The molecule has 3 N–H and O–H groups in total. The Bertz CT molecular complexity index is 527. The normalized spacial score (nSPS) is 11.2. The maximum atomic E-state index is 11.2. The maximum absolute atomic E-state index is 11.2. The summed E-state index contributed by atoms with van der Waals surface area (Å²) in [5.41, 5.74) is 1.05. The fourth-order valence-electron chi connectivity index (χ4n) is 1.44. The first kappa shape index (κ1) is 13.5. The molecule has 0 radical (unpaired) electrons. The van der Waals surface area contributed by atoms with Gasteiger partial charge in [0, 0.05) is 0 Å². The van der Waals surface area contributed by atoms with Crippen LogP contribution in [0.2, 0.25) is 0 Å². The number of aryl methyl sites for hydroxylation is 2. The van der Waals surface area contributed by atoms with E-state index >= 15 is 0 Å². The van der Waals surface area contributed by atoms with Crippen LogP contribution in [0.15, 0.2) is 17.0 Å². The molecule has 0 aliphatic rings. The van der Waals surface area contributed by atoms with Crippen molar-refractivity contribution >= 4 is 16.0 Å². The van der Waals surface area contributed by atoms with E-state index in [2.05, 4.69) is 0 Å². The summed E-state index contributed by atoms with van der Waals surface area (Å²) in [4.78, 5) is 10.4. The third kappa shape index (κ3) is 3.43. The molecule has 0 saturated carbocycles. The summed E-state index contributed by atoms with van der Waals surface area (Å²) >= 11 is 0. The number of hydrogen-bond acceptors (Lipinski definition) is 4. The summed E-state index contributed by atoms with van der Waals surface area (Å²) in [6, 6.07) is 2.69. The van der Waals surface area contributed by atoms with E-state index in [1.165, 1.54) is 12.1 Å². The van der Waals surface area contributed by atoms with Crippen LogP contribution in [0.4, 0.5) is 0 Å². The average Bonchev–Trinajstić information content (AvgIpc) is 2.14. The van der Waals surface area contributed by atoms with E-state index in [1.807, 2.05) is 0 Å². The molecule has 7 heteroatoms. The molecule has 1 aromatic rings. The minimum absolute atomic E-state index is 0.0184. The number of rotatable bonds is 4. The van der Waals surface area contributed by atoms with E-state index in [0.29, 0.717) is 16.9 Å². The number of ether oxygens (including phenoxy) is 1. The summed E-state index contributed by atoms with van der Waals surface area (Å²) < 4.78 is 27.4. The van der Waals surface area contributed by atoms with Crippen molar-refractivity contribution in [3.05, 3.63) is 23.3 Å². The first-order valence-electron chi connectivity index (χ1n) is 4.70. The van der Waals surface area contributed by atoms with E-state index in [-0.39, 0.29) is 4.90 Å². The minimum atomic E-state index is -3.77. The van der Waals surface area contributed by atoms with Crippen molar-refractivity contribution in [2.24, 2.45) is 5.14 Å². The molecule has 1 aromatic carbocycles. The van der Waals surface area contributed by atoms with Crippen LogP contribution in [0.1, 0.15) is 11.1 Å². The van der Waals surface area contributed by atoms with Crippen LogP contribution in [0.25, 0.3) is 0 Å². The summed E-state index contributed by atoms with van der Waals surface area (Å²) in [5, 5.41) is 13.5. The topological polar surface area (TPSA) is 107 Å². The van der Waals surface area contributed by atoms with Crippen molar-refractivity contribution in [1.82, 2.24) is 0 Å². The molecule has 17 heavy (non-hydrogen) atoms. The Morgan fingerprint density at radius 3 is 2.18 bits per heavy atom. The van der Waals surface area contributed by atoms with Crippen LogP contribution in [-0.4, -0.2) is 26.1 Å². The zero-order valence-electron chi connectivity index (χ0n) is 9.43. The highest BCUT2D eigenvalue weighted by molar-refractivity contribution is 7.89. The molecule has 0 spiro atoms. The number of hydrogen-bond donors (Lipinski definition) is 2. The molecule has 0 aromatic heterocycles. The highest BCUT2D eigenvalue weighted by Crippen LogP contribution is 2.26. The minimum Gasteiger partial charge on any atom is -0.481 e. The Kier molecular flexibility index (Phi) is 3.74. The zero-order valence-corrected chi connectivity index (χ0v) is 10.2. The van der Waals surface area contributed by atoms with Crippen molar-refractivity contribution in [1.29, 1.82) is 0 Å². The Balaban J connectivity index is 3.15. The van der Waals surface area contributed by atoms with Gasteiger partial charge in [-0.1, -0.05) is 0 Å². The number of carbonyl (C=O) groups is 1. The lowest BCUT2D eigenvalue weighted by Gasteiger charge is -2.11. The first-order chi connectivity index (χ1) is 7.71. The molecule has 0 atom stereocenters. The lowest BCUT2D eigenvalue weighted by Crippen LogP contribution is -2.14. The number of nitrogens with two attached hydrogens (primary N) is 1. The van der Waals surface area contributed by atoms with E-state index in [9.17, 15) is 13.2 Å². The SMILES string of the molecule is Cc1cc(S(N)(=O)=O)cc(C)c1OCC(=O)O. The molecule has 0 fully saturated rings. The standard InChI is InChI=1S/C10H13NO5S/c1-6-3-8(17(11,14)15)4-7(2)10(6)16-5-9(12)13/h3-4H,5H2,1-2H3,(H,12,13)(H2,11,14,15). The molecule has 0 amide bonds. The molecule has 94 valence electrons. The molecule has 6 nitrogen and oxygen atoms in total. The zero-order chi connectivity index (χ0) is 13.2. The van der Waals surface area contributed by atoms with Gasteiger partial charge in [0.05, 0.1) is 4.90 Å². The van der Waals surface area contributed by atoms with Gasteiger partial charge in [-0.05, 0) is 37.1 Å². The van der Waals surface area contributed by atoms with Gasteiger partial charge in [0.15, 0.2) is 6.61 Å². The number of sulfonamides is 1. The molecule has 0 bridgehead atoms. The van der Waals surface area contributed by atoms with Crippen molar-refractivity contribution < 1.29 is 23.1 Å². The van der Waals surface area contributed by atoms with Crippen LogP contribution in [-0.2, 0) is 14.8 Å². The lowest BCUT2D eigenvalue weighted by atomic mass is 10.1. The van der Waals surface area contributed by atoms with Crippen molar-refractivity contribution in [3.8, 4) is 5.75 Å². The molecular formula is C10H13NO5S. The van der Waals surface area contributed by atoms with E-state index in [4.69, 9.17) is 15.0 Å². The van der Waals surface area contributed by atoms with Crippen molar-refractivity contribution in [2.75, 3.05) is 6.61 Å². The summed E-state index contributed by atoms with van der Waals surface area (Å²) in [5.74, 6) is -0.737. The monoisotopic (exact) mass is 259 g/mol. The predicted octanol–water partition coefficient (Wildman–Crippen LogP) is 0.414. The van der Waals surface area contributed by atoms with Crippen LogP contribution < -0.4 is 9.88 Å². The molecule has 0 heterocycles. The van der Waals surface area contributed by atoms with Crippen LogP contribution in [0.5, 0.6) is 5.75 Å².